The second-order valence-electron chi connectivity index (χ2n) is 6.03. The summed E-state index contributed by atoms with van der Waals surface area (Å²) < 4.78 is 47.0. The molecule has 0 aliphatic carbocycles. The van der Waals surface area contributed by atoms with Crippen molar-refractivity contribution in [3.05, 3.63) is 47.2 Å². The molecule has 1 aromatic carbocycles. The lowest BCUT2D eigenvalue weighted by molar-refractivity contribution is -0.138. The molecule has 4 rings (SSSR count). The summed E-state index contributed by atoms with van der Waals surface area (Å²) in [5.41, 5.74) is 1.16. The van der Waals surface area contributed by atoms with E-state index in [-0.39, 0.29) is 29.7 Å². The van der Waals surface area contributed by atoms with Gasteiger partial charge in [0.1, 0.15) is 17.9 Å². The van der Waals surface area contributed by atoms with Gasteiger partial charge in [0.05, 0.1) is 16.9 Å². The highest BCUT2D eigenvalue weighted by Crippen LogP contribution is 2.37. The Bertz CT molecular complexity index is 965. The van der Waals surface area contributed by atoms with Crippen molar-refractivity contribution in [3.63, 3.8) is 0 Å². The van der Waals surface area contributed by atoms with Crippen LogP contribution in [0.15, 0.2) is 29.0 Å². The van der Waals surface area contributed by atoms with Gasteiger partial charge < -0.3 is 9.09 Å². The molecule has 2 aromatic heterocycles. The maximum atomic E-state index is 13.4. The molecule has 0 fully saturated rings. The molecule has 6 nitrogen and oxygen atoms in total. The zero-order chi connectivity index (χ0) is 18.5. The molecule has 0 radical (unpaired) electrons. The monoisotopic (exact) mass is 383 g/mol. The highest BCUT2D eigenvalue weighted by atomic mass is 35.5. The molecular weight excluding hydrogens is 371 g/mol. The molecule has 0 saturated carbocycles. The normalized spacial score (nSPS) is 14.8. The van der Waals surface area contributed by atoms with E-state index in [9.17, 15) is 13.2 Å². The van der Waals surface area contributed by atoms with Gasteiger partial charge in [0.15, 0.2) is 0 Å². The van der Waals surface area contributed by atoms with Gasteiger partial charge >= 0.3 is 6.18 Å². The predicted octanol–water partition coefficient (Wildman–Crippen LogP) is 3.63. The van der Waals surface area contributed by atoms with Crippen molar-refractivity contribution in [1.29, 1.82) is 0 Å². The molecule has 0 atom stereocenters. The fourth-order valence-corrected chi connectivity index (χ4v) is 3.25. The molecule has 3 heterocycles. The second kappa shape index (κ2) is 6.10. The third-order valence-electron chi connectivity index (χ3n) is 4.22. The standard InChI is InChI=1S/C16H13ClF3N5O/c1-24-6-9-10(16(18,19)20)3-2-4-11(9)25-8-21-14(12(25)7-24)15-22-13(5-17)26-23-15/h2-4,8H,5-7H2,1H3. The van der Waals surface area contributed by atoms with Gasteiger partial charge in [0.25, 0.3) is 0 Å². The lowest BCUT2D eigenvalue weighted by Crippen LogP contribution is -2.19. The highest BCUT2D eigenvalue weighted by Gasteiger charge is 2.36. The zero-order valence-corrected chi connectivity index (χ0v) is 14.3. The number of nitrogens with zero attached hydrogens (tertiary/aromatic N) is 5. The number of aromatic nitrogens is 4. The summed E-state index contributed by atoms with van der Waals surface area (Å²) in [4.78, 5) is 10.3. The predicted molar refractivity (Wildman–Crippen MR) is 86.6 cm³/mol. The Morgan fingerprint density at radius 3 is 2.77 bits per heavy atom. The van der Waals surface area contributed by atoms with Crippen LogP contribution in [-0.2, 0) is 25.1 Å². The number of halogens is 4. The third kappa shape index (κ3) is 2.77. The molecule has 1 aliphatic rings. The van der Waals surface area contributed by atoms with Crippen LogP contribution >= 0.6 is 11.6 Å². The summed E-state index contributed by atoms with van der Waals surface area (Å²) in [6, 6.07) is 4.15. The SMILES string of the molecule is CN1Cc2c(cccc2C(F)(F)F)-n2cnc(-c3noc(CCl)n3)c2C1. The number of hydrogen-bond acceptors (Lipinski definition) is 5. The first kappa shape index (κ1) is 17.0. The summed E-state index contributed by atoms with van der Waals surface area (Å²) in [6.45, 7) is 0.539. The third-order valence-corrected chi connectivity index (χ3v) is 4.45. The Labute approximate surface area is 151 Å². The number of alkyl halides is 4. The van der Waals surface area contributed by atoms with Gasteiger partial charge in [0.2, 0.25) is 11.7 Å². The Balaban J connectivity index is 1.90. The summed E-state index contributed by atoms with van der Waals surface area (Å²) in [7, 11) is 1.75. The first-order valence-corrected chi connectivity index (χ1v) is 8.25. The number of imidazole rings is 1. The summed E-state index contributed by atoms with van der Waals surface area (Å²) >= 11 is 5.68. The van der Waals surface area contributed by atoms with Crippen molar-refractivity contribution in [2.45, 2.75) is 25.1 Å². The number of fused-ring (bicyclic) bond motifs is 3. The largest absolute Gasteiger partial charge is 0.416 e. The average Bonchev–Trinajstić information content (AvgIpc) is 3.17. The highest BCUT2D eigenvalue weighted by molar-refractivity contribution is 6.16. The van der Waals surface area contributed by atoms with E-state index < -0.39 is 11.7 Å². The molecule has 0 N–H and O–H groups in total. The fraction of sp³-hybridized carbons (Fsp3) is 0.312. The van der Waals surface area contributed by atoms with Crippen LogP contribution in [0.25, 0.3) is 17.2 Å². The number of rotatable bonds is 2. The van der Waals surface area contributed by atoms with Gasteiger partial charge in [0, 0.05) is 18.7 Å². The molecule has 0 spiro atoms. The van der Waals surface area contributed by atoms with Crippen molar-refractivity contribution in [1.82, 2.24) is 24.6 Å². The lowest BCUT2D eigenvalue weighted by Gasteiger charge is -2.18. The molecule has 136 valence electrons. The van der Waals surface area contributed by atoms with Crippen LogP contribution in [-0.4, -0.2) is 31.6 Å². The lowest BCUT2D eigenvalue weighted by atomic mass is 10.0. The molecular formula is C16H13ClF3N5O. The Morgan fingerprint density at radius 1 is 1.27 bits per heavy atom. The summed E-state index contributed by atoms with van der Waals surface area (Å²) in [5.74, 6) is 0.587. The van der Waals surface area contributed by atoms with Crippen molar-refractivity contribution in [2.24, 2.45) is 0 Å². The van der Waals surface area contributed by atoms with Gasteiger partial charge in [-0.3, -0.25) is 4.90 Å². The average molecular weight is 384 g/mol. The quantitative estimate of drug-likeness (QED) is 0.632. The molecule has 3 aromatic rings. The minimum absolute atomic E-state index is 0.0702. The van der Waals surface area contributed by atoms with Crippen molar-refractivity contribution < 1.29 is 17.7 Å². The topological polar surface area (TPSA) is 60.0 Å². The first-order valence-electron chi connectivity index (χ1n) is 7.71. The van der Waals surface area contributed by atoms with Crippen LogP contribution in [0, 0.1) is 0 Å². The van der Waals surface area contributed by atoms with E-state index in [4.69, 9.17) is 16.1 Å². The van der Waals surface area contributed by atoms with Crippen LogP contribution in [0.1, 0.15) is 22.7 Å². The summed E-state index contributed by atoms with van der Waals surface area (Å²) in [6.07, 6.45) is -2.94. The number of hydrogen-bond donors (Lipinski definition) is 0. The summed E-state index contributed by atoms with van der Waals surface area (Å²) in [5, 5.41) is 3.86. The minimum atomic E-state index is -4.43. The van der Waals surface area contributed by atoms with E-state index in [0.29, 0.717) is 23.6 Å². The first-order chi connectivity index (χ1) is 12.4. The van der Waals surface area contributed by atoms with Crippen molar-refractivity contribution in [3.8, 4) is 17.2 Å². The minimum Gasteiger partial charge on any atom is -0.338 e. The molecule has 0 bridgehead atoms. The van der Waals surface area contributed by atoms with Gasteiger partial charge in [-0.05, 0) is 19.2 Å². The zero-order valence-electron chi connectivity index (χ0n) is 13.6. The maximum absolute atomic E-state index is 13.4. The molecule has 10 heteroatoms. The van der Waals surface area contributed by atoms with Crippen LogP contribution in [0.2, 0.25) is 0 Å². The van der Waals surface area contributed by atoms with Crippen LogP contribution in [0.4, 0.5) is 13.2 Å². The van der Waals surface area contributed by atoms with E-state index in [1.54, 1.807) is 22.6 Å². The van der Waals surface area contributed by atoms with Gasteiger partial charge in [-0.25, -0.2) is 4.98 Å². The van der Waals surface area contributed by atoms with E-state index in [2.05, 4.69) is 15.1 Å². The Morgan fingerprint density at radius 2 is 2.08 bits per heavy atom. The maximum Gasteiger partial charge on any atom is 0.416 e. The van der Waals surface area contributed by atoms with Crippen LogP contribution < -0.4 is 0 Å². The van der Waals surface area contributed by atoms with E-state index in [0.717, 1.165) is 6.07 Å². The molecule has 0 unspecified atom stereocenters. The van der Waals surface area contributed by atoms with Crippen molar-refractivity contribution >= 4 is 11.6 Å². The van der Waals surface area contributed by atoms with Gasteiger partial charge in [-0.2, -0.15) is 18.2 Å². The smallest absolute Gasteiger partial charge is 0.338 e. The van der Waals surface area contributed by atoms with Gasteiger partial charge in [-0.1, -0.05) is 11.2 Å². The van der Waals surface area contributed by atoms with E-state index >= 15 is 0 Å². The van der Waals surface area contributed by atoms with E-state index in [1.165, 1.54) is 12.4 Å². The van der Waals surface area contributed by atoms with E-state index in [1.807, 2.05) is 0 Å². The van der Waals surface area contributed by atoms with Crippen LogP contribution in [0.3, 0.4) is 0 Å². The molecule has 1 aliphatic heterocycles. The second-order valence-corrected chi connectivity index (χ2v) is 6.30. The molecule has 0 saturated heterocycles. The number of benzene rings is 1. The fourth-order valence-electron chi connectivity index (χ4n) is 3.14. The van der Waals surface area contributed by atoms with Crippen molar-refractivity contribution in [2.75, 3.05) is 7.05 Å². The van der Waals surface area contributed by atoms with Gasteiger partial charge in [-0.15, -0.1) is 11.6 Å². The Kier molecular flexibility index (Phi) is 4.00. The molecule has 26 heavy (non-hydrogen) atoms. The Hall–Kier alpha value is -2.39. The molecule has 0 amide bonds. The van der Waals surface area contributed by atoms with Crippen LogP contribution in [0.5, 0.6) is 0 Å².